The average Bonchev–Trinajstić information content (AvgIpc) is 2.67. The largest absolute Gasteiger partial charge is 0.489 e. The summed E-state index contributed by atoms with van der Waals surface area (Å²) >= 11 is 5.99. The molecule has 0 fully saturated rings. The Morgan fingerprint density at radius 1 is 1.28 bits per heavy atom. The fourth-order valence-corrected chi connectivity index (χ4v) is 2.77. The molecule has 0 radical (unpaired) electrons. The van der Waals surface area contributed by atoms with E-state index in [1.54, 1.807) is 0 Å². The minimum atomic E-state index is -4.51. The van der Waals surface area contributed by atoms with Crippen molar-refractivity contribution in [3.63, 3.8) is 0 Å². The fraction of sp³-hybridized carbons (Fsp3) is 0.250. The van der Waals surface area contributed by atoms with Gasteiger partial charge in [-0.05, 0) is 30.7 Å². The molecule has 0 amide bonds. The standard InChI is InChI=1S/C20H15ClF4O4/c1-11(20(23,24)25)29-18-3-2-12(5-16(18)21)9-27-14-6-17(22)15-4-13(8-26)10-28-19(15)7-14/h2-8,11H,9-10H2,1H3/t11-/m0/s1. The van der Waals surface area contributed by atoms with Crippen molar-refractivity contribution >= 4 is 24.0 Å². The lowest BCUT2D eigenvalue weighted by molar-refractivity contribution is -0.189. The van der Waals surface area contributed by atoms with E-state index >= 15 is 0 Å². The third-order valence-corrected chi connectivity index (χ3v) is 4.40. The van der Waals surface area contributed by atoms with Gasteiger partial charge in [-0.1, -0.05) is 17.7 Å². The van der Waals surface area contributed by atoms with Crippen LogP contribution in [0.15, 0.2) is 35.9 Å². The zero-order valence-electron chi connectivity index (χ0n) is 15.1. The van der Waals surface area contributed by atoms with E-state index < -0.39 is 18.1 Å². The Hall–Kier alpha value is -2.74. The number of carbonyl (C=O) groups is 1. The summed E-state index contributed by atoms with van der Waals surface area (Å²) in [6, 6.07) is 6.85. The van der Waals surface area contributed by atoms with Crippen LogP contribution in [0, 0.1) is 5.82 Å². The molecule has 29 heavy (non-hydrogen) atoms. The summed E-state index contributed by atoms with van der Waals surface area (Å²) < 4.78 is 67.8. The zero-order valence-corrected chi connectivity index (χ0v) is 15.8. The SMILES string of the molecule is C[C@H](Oc1ccc(COc2cc(F)c3c(c2)OCC(C=O)=C3)cc1Cl)C(F)(F)F. The van der Waals surface area contributed by atoms with Crippen molar-refractivity contribution in [3.05, 3.63) is 57.9 Å². The monoisotopic (exact) mass is 430 g/mol. The van der Waals surface area contributed by atoms with Crippen LogP contribution in [0.25, 0.3) is 6.08 Å². The molecule has 1 atom stereocenters. The Labute approximate surface area is 168 Å². The molecule has 0 saturated carbocycles. The molecular formula is C20H15ClF4O4. The lowest BCUT2D eigenvalue weighted by Gasteiger charge is -2.19. The van der Waals surface area contributed by atoms with Crippen LogP contribution >= 0.6 is 11.6 Å². The van der Waals surface area contributed by atoms with Gasteiger partial charge < -0.3 is 14.2 Å². The number of rotatable bonds is 6. The average molecular weight is 431 g/mol. The molecule has 154 valence electrons. The highest BCUT2D eigenvalue weighted by Gasteiger charge is 2.38. The molecular weight excluding hydrogens is 416 g/mol. The summed E-state index contributed by atoms with van der Waals surface area (Å²) in [5.41, 5.74) is 1.03. The minimum Gasteiger partial charge on any atom is -0.489 e. The first kappa shape index (κ1) is 21.0. The fourth-order valence-electron chi connectivity index (χ4n) is 2.52. The van der Waals surface area contributed by atoms with E-state index in [-0.39, 0.29) is 41.0 Å². The van der Waals surface area contributed by atoms with Crippen LogP contribution in [-0.4, -0.2) is 25.2 Å². The summed E-state index contributed by atoms with van der Waals surface area (Å²) in [5.74, 6) is -0.287. The van der Waals surface area contributed by atoms with E-state index in [1.165, 1.54) is 30.3 Å². The van der Waals surface area contributed by atoms with E-state index in [0.717, 1.165) is 13.0 Å². The smallest absolute Gasteiger partial charge is 0.425 e. The first-order valence-electron chi connectivity index (χ1n) is 8.44. The number of fused-ring (bicyclic) bond motifs is 1. The first-order valence-corrected chi connectivity index (χ1v) is 8.82. The molecule has 0 aromatic heterocycles. The predicted molar refractivity (Wildman–Crippen MR) is 97.9 cm³/mol. The Morgan fingerprint density at radius 2 is 2.03 bits per heavy atom. The zero-order chi connectivity index (χ0) is 21.2. The number of alkyl halides is 3. The lowest BCUT2D eigenvalue weighted by Crippen LogP contribution is -2.31. The molecule has 0 aliphatic carbocycles. The van der Waals surface area contributed by atoms with Crippen molar-refractivity contribution in [2.24, 2.45) is 0 Å². The minimum absolute atomic E-state index is 0.00585. The van der Waals surface area contributed by atoms with Gasteiger partial charge >= 0.3 is 6.18 Å². The predicted octanol–water partition coefficient (Wildman–Crippen LogP) is 5.36. The first-order chi connectivity index (χ1) is 13.7. The summed E-state index contributed by atoms with van der Waals surface area (Å²) in [6.45, 7) is 0.905. The molecule has 1 aliphatic rings. The van der Waals surface area contributed by atoms with Crippen LogP contribution in [0.4, 0.5) is 17.6 Å². The number of benzene rings is 2. The van der Waals surface area contributed by atoms with Crippen molar-refractivity contribution in [1.82, 2.24) is 0 Å². The second-order valence-corrected chi connectivity index (χ2v) is 6.71. The molecule has 9 heteroatoms. The van der Waals surface area contributed by atoms with Crippen molar-refractivity contribution in [1.29, 1.82) is 0 Å². The van der Waals surface area contributed by atoms with E-state index in [9.17, 15) is 22.4 Å². The molecule has 1 heterocycles. The van der Waals surface area contributed by atoms with Gasteiger partial charge in [0.15, 0.2) is 6.10 Å². The number of hydrogen-bond acceptors (Lipinski definition) is 4. The van der Waals surface area contributed by atoms with Crippen LogP contribution in [0.5, 0.6) is 17.2 Å². The summed E-state index contributed by atoms with van der Waals surface area (Å²) in [4.78, 5) is 10.8. The molecule has 3 rings (SSSR count). The van der Waals surface area contributed by atoms with E-state index in [1.807, 2.05) is 0 Å². The summed E-state index contributed by atoms with van der Waals surface area (Å²) in [5, 5.41) is -0.00585. The summed E-state index contributed by atoms with van der Waals surface area (Å²) in [7, 11) is 0. The maximum Gasteiger partial charge on any atom is 0.425 e. The number of hydrogen-bond donors (Lipinski definition) is 0. The highest BCUT2D eigenvalue weighted by atomic mass is 35.5. The molecule has 0 bridgehead atoms. The number of aldehydes is 1. The van der Waals surface area contributed by atoms with E-state index in [4.69, 9.17) is 25.8 Å². The highest BCUT2D eigenvalue weighted by molar-refractivity contribution is 6.32. The van der Waals surface area contributed by atoms with Crippen molar-refractivity contribution in [2.45, 2.75) is 25.8 Å². The number of carbonyl (C=O) groups excluding carboxylic acids is 1. The quantitative estimate of drug-likeness (QED) is 0.457. The van der Waals surface area contributed by atoms with Crippen LogP contribution in [0.2, 0.25) is 5.02 Å². The molecule has 4 nitrogen and oxygen atoms in total. The van der Waals surface area contributed by atoms with Crippen LogP contribution < -0.4 is 14.2 Å². The Bertz CT molecular complexity index is 956. The molecule has 1 aliphatic heterocycles. The topological polar surface area (TPSA) is 44.8 Å². The van der Waals surface area contributed by atoms with Gasteiger partial charge in [-0.3, -0.25) is 4.79 Å². The Kier molecular flexibility index (Phi) is 6.02. The maximum absolute atomic E-state index is 14.3. The second kappa shape index (κ2) is 8.32. The van der Waals surface area contributed by atoms with Crippen LogP contribution in [0.1, 0.15) is 18.1 Å². The molecule has 0 saturated heterocycles. The number of halogens is 5. The normalized spacial score (nSPS) is 14.3. The molecule has 0 unspecified atom stereocenters. The highest BCUT2D eigenvalue weighted by Crippen LogP contribution is 2.34. The van der Waals surface area contributed by atoms with Crippen LogP contribution in [0.3, 0.4) is 0 Å². The van der Waals surface area contributed by atoms with Crippen LogP contribution in [-0.2, 0) is 11.4 Å². The Balaban J connectivity index is 1.69. The van der Waals surface area contributed by atoms with Crippen molar-refractivity contribution < 1.29 is 36.6 Å². The third kappa shape index (κ3) is 5.00. The van der Waals surface area contributed by atoms with Gasteiger partial charge in [0.2, 0.25) is 0 Å². The molecule has 2 aromatic carbocycles. The van der Waals surface area contributed by atoms with Gasteiger partial charge in [0.1, 0.15) is 42.6 Å². The van der Waals surface area contributed by atoms with Gasteiger partial charge in [-0.25, -0.2) is 4.39 Å². The van der Waals surface area contributed by atoms with E-state index in [2.05, 4.69) is 0 Å². The van der Waals surface area contributed by atoms with Gasteiger partial charge in [0, 0.05) is 17.7 Å². The number of ether oxygens (including phenoxy) is 3. The second-order valence-electron chi connectivity index (χ2n) is 6.30. The lowest BCUT2D eigenvalue weighted by atomic mass is 10.1. The van der Waals surface area contributed by atoms with Crippen molar-refractivity contribution in [2.75, 3.05) is 6.61 Å². The van der Waals surface area contributed by atoms with Gasteiger partial charge in [0.25, 0.3) is 0 Å². The third-order valence-electron chi connectivity index (χ3n) is 4.11. The van der Waals surface area contributed by atoms with E-state index in [0.29, 0.717) is 17.4 Å². The van der Waals surface area contributed by atoms with Gasteiger partial charge in [0.05, 0.1) is 10.6 Å². The molecule has 2 aromatic rings. The maximum atomic E-state index is 14.3. The van der Waals surface area contributed by atoms with Gasteiger partial charge in [-0.15, -0.1) is 0 Å². The Morgan fingerprint density at radius 3 is 2.69 bits per heavy atom. The van der Waals surface area contributed by atoms with Crippen molar-refractivity contribution in [3.8, 4) is 17.2 Å². The summed E-state index contributed by atoms with van der Waals surface area (Å²) in [6.07, 6.45) is -4.51. The van der Waals surface area contributed by atoms with Gasteiger partial charge in [-0.2, -0.15) is 13.2 Å². The molecule has 0 spiro atoms. The molecule has 0 N–H and O–H groups in total.